The molecule has 20 nitrogen and oxygen atoms in total. The summed E-state index contributed by atoms with van der Waals surface area (Å²) in [5.41, 5.74) is 26.7. The molecule has 106 heavy (non-hydrogen) atoms. The van der Waals surface area contributed by atoms with E-state index in [9.17, 15) is 0 Å². The fourth-order valence-electron chi connectivity index (χ4n) is 11.5. The van der Waals surface area contributed by atoms with Gasteiger partial charge in [-0.2, -0.15) is 79.0 Å². The first-order chi connectivity index (χ1) is 49.5. The van der Waals surface area contributed by atoms with Gasteiger partial charge < -0.3 is 40.8 Å². The zero-order chi connectivity index (χ0) is 70.6. The van der Waals surface area contributed by atoms with Crippen LogP contribution in [0.15, 0.2) is 207 Å². The standard InChI is InChI=1S/2C21H19N5.2C20H17N5.4Pt/c1-14-11-21(24-23-14)20-9-5-7-18(22-20)12-17-6-4-8-19(13-17)26-16(3)10-15(2)25-26;1-14-11-20(24-23-14)18-7-4-6-17(12-18)13-19-8-5-9-21(22-19)26-16(3)10-15(2)25-26;1-14-9-10-25(24-14)18-7-3-5-16(13-18)12-17-6-4-8-19(21-17)20-11-15(2)22-23-20;1-14-9-10-25(24-14)20-8-4-7-18(21-20)13-16-5-3-6-17(12-16)19-11-15(2)22-23-19;;;;/h4-11H,12H2,1-3H3;4-11H,13H2,1-3H3;3-11H,12H2,1-2H3;3-11H,13H2,1-2H3;;;;/q4*-2;4*+2. The van der Waals surface area contributed by atoms with E-state index in [2.05, 4.69) is 129 Å². The summed E-state index contributed by atoms with van der Waals surface area (Å²) >= 11 is 0. The average Bonchev–Trinajstić information content (AvgIpc) is 1.12. The van der Waals surface area contributed by atoms with Gasteiger partial charge in [-0.25, -0.2) is 30.7 Å². The van der Waals surface area contributed by atoms with Gasteiger partial charge in [-0.3, -0.25) is 19.3 Å². The molecule has 0 aliphatic carbocycles. The molecule has 0 aliphatic heterocycles. The van der Waals surface area contributed by atoms with Gasteiger partial charge in [-0.1, -0.05) is 59.9 Å². The second kappa shape index (κ2) is 37.2. The number of benzene rings is 4. The Balaban J connectivity index is 0.000000161. The molecule has 0 radical (unpaired) electrons. The molecule has 0 spiro atoms. The Kier molecular flexibility index (Phi) is 28.1. The summed E-state index contributed by atoms with van der Waals surface area (Å²) in [7, 11) is 0. The quantitative estimate of drug-likeness (QED) is 0.0819. The zero-order valence-electron chi connectivity index (χ0n) is 59.7. The van der Waals surface area contributed by atoms with Gasteiger partial charge in [0.15, 0.2) is 11.6 Å². The second-order valence-electron chi connectivity index (χ2n) is 25.0. The molecule has 0 N–H and O–H groups in total. The fraction of sp³-hybridized carbons (Fsp3) is 0.171. The number of pyridine rings is 4. The van der Waals surface area contributed by atoms with E-state index in [0.29, 0.717) is 25.7 Å². The molecule has 0 fully saturated rings. The van der Waals surface area contributed by atoms with Crippen molar-refractivity contribution in [3.63, 3.8) is 0 Å². The van der Waals surface area contributed by atoms with Crippen LogP contribution in [-0.2, 0) is 110 Å². The minimum atomic E-state index is 0. The molecule has 12 aromatic heterocycles. The van der Waals surface area contributed by atoms with Crippen LogP contribution in [0.2, 0.25) is 0 Å². The Bertz CT molecular complexity index is 5010. The Morgan fingerprint density at radius 1 is 0.292 bits per heavy atom. The van der Waals surface area contributed by atoms with Gasteiger partial charge in [0.2, 0.25) is 0 Å². The van der Waals surface area contributed by atoms with Crippen molar-refractivity contribution in [1.82, 2.24) is 99.8 Å². The van der Waals surface area contributed by atoms with Crippen molar-refractivity contribution >= 4 is 0 Å². The maximum Gasteiger partial charge on any atom is 2.00 e. The summed E-state index contributed by atoms with van der Waals surface area (Å²) in [5, 5.41) is 50.8. The SMILES string of the molecule is Cc1cc(-c2[c-]c(Cc3cccc(-n4ccc(C)n4)n3)ccc2)[n-]n1.Cc1cc(-c2[c-]c(Cc3cccc(-n4nc(C)cc4C)n3)ccc2)[n-]n1.Cc1cc(-c2cccc(Cc3[c-]c(-n4ccc(C)n4)ccc3)n2)[n-]n1.Cc1cc(-c2cccc(Cc3[c-]c(-n4nc(C)cc4C)ccc3)n2)[n-]n1.[Pt+2].[Pt+2].[Pt+2].[Pt+2]. The third-order valence-corrected chi connectivity index (χ3v) is 16.2. The van der Waals surface area contributed by atoms with Gasteiger partial charge in [0.25, 0.3) is 0 Å². The van der Waals surface area contributed by atoms with Gasteiger partial charge in [-0.15, -0.1) is 71.8 Å². The van der Waals surface area contributed by atoms with Crippen LogP contribution in [0, 0.1) is 93.5 Å². The van der Waals surface area contributed by atoms with Crippen LogP contribution in [0.4, 0.5) is 0 Å². The van der Waals surface area contributed by atoms with Crippen molar-refractivity contribution in [2.24, 2.45) is 0 Å². The van der Waals surface area contributed by atoms with E-state index in [1.165, 1.54) is 0 Å². The third-order valence-electron chi connectivity index (χ3n) is 16.2. The molecule has 16 rings (SSSR count). The van der Waals surface area contributed by atoms with Gasteiger partial charge in [0.1, 0.15) is 0 Å². The van der Waals surface area contributed by atoms with Crippen LogP contribution in [0.1, 0.15) is 102 Å². The van der Waals surface area contributed by atoms with Gasteiger partial charge in [0.05, 0.1) is 22.8 Å². The summed E-state index contributed by atoms with van der Waals surface area (Å²) in [6.45, 7) is 19.7. The molecule has 540 valence electrons. The monoisotopic (exact) mass is 2120 g/mol. The molecule has 24 heteroatoms. The van der Waals surface area contributed by atoms with Crippen LogP contribution in [0.3, 0.4) is 0 Å². The normalized spacial score (nSPS) is 10.6. The second-order valence-corrected chi connectivity index (χ2v) is 25.0. The van der Waals surface area contributed by atoms with E-state index < -0.39 is 0 Å². The first kappa shape index (κ1) is 80.0. The van der Waals surface area contributed by atoms with Crippen molar-refractivity contribution in [2.45, 2.75) is 94.9 Å². The molecule has 0 atom stereocenters. The summed E-state index contributed by atoms with van der Waals surface area (Å²) in [6.07, 6.45) is 6.68. The summed E-state index contributed by atoms with van der Waals surface area (Å²) in [6, 6.07) is 78.0. The van der Waals surface area contributed by atoms with Crippen LogP contribution >= 0.6 is 0 Å². The Hall–Kier alpha value is -10.1. The molecule has 0 bridgehead atoms. The van der Waals surface area contributed by atoms with Gasteiger partial charge in [-0.05, 0) is 179 Å². The van der Waals surface area contributed by atoms with Crippen molar-refractivity contribution in [2.75, 3.05) is 0 Å². The minimum Gasteiger partial charge on any atom is -0.619 e. The largest absolute Gasteiger partial charge is 2.00 e. The van der Waals surface area contributed by atoms with E-state index in [0.717, 1.165) is 170 Å². The first-order valence-electron chi connectivity index (χ1n) is 33.4. The Labute approximate surface area is 674 Å². The molecule has 0 saturated carbocycles. The fourth-order valence-corrected chi connectivity index (χ4v) is 11.5. The number of aromatic nitrogens is 20. The molecule has 12 heterocycles. The Morgan fingerprint density at radius 3 is 1.07 bits per heavy atom. The van der Waals surface area contributed by atoms with Crippen LogP contribution in [-0.4, -0.2) is 79.5 Å². The third kappa shape index (κ3) is 21.1. The van der Waals surface area contributed by atoms with Gasteiger partial charge in [0, 0.05) is 80.7 Å². The summed E-state index contributed by atoms with van der Waals surface area (Å²) in [5.74, 6) is 1.65. The zero-order valence-corrected chi connectivity index (χ0v) is 68.8. The number of hydrogen-bond acceptors (Lipinski definition) is 12. The molecule has 0 aliphatic rings. The maximum atomic E-state index is 4.77. The summed E-state index contributed by atoms with van der Waals surface area (Å²) in [4.78, 5) is 18.9. The number of aryl methyl sites for hydroxylation is 10. The molecular weight excluding hydrogens is 2050 g/mol. The smallest absolute Gasteiger partial charge is 0.619 e. The van der Waals surface area contributed by atoms with Crippen LogP contribution in [0.5, 0.6) is 0 Å². The molecule has 0 amide bonds. The first-order valence-corrected chi connectivity index (χ1v) is 33.4. The van der Waals surface area contributed by atoms with E-state index in [1.807, 2.05) is 246 Å². The van der Waals surface area contributed by atoms with E-state index in [1.54, 1.807) is 4.68 Å². The topological polar surface area (TPSA) is 231 Å². The number of nitrogens with zero attached hydrogens (tertiary/aromatic N) is 20. The van der Waals surface area contributed by atoms with E-state index >= 15 is 0 Å². The van der Waals surface area contributed by atoms with Crippen molar-refractivity contribution in [3.05, 3.63) is 333 Å². The predicted molar refractivity (Wildman–Crippen MR) is 391 cm³/mol. The maximum absolute atomic E-state index is 4.77. The Morgan fingerprint density at radius 2 is 0.651 bits per heavy atom. The number of rotatable bonds is 16. The van der Waals surface area contributed by atoms with E-state index in [4.69, 9.17) is 19.9 Å². The van der Waals surface area contributed by atoms with Crippen molar-refractivity contribution in [3.8, 4) is 68.3 Å². The molecule has 16 aromatic rings. The van der Waals surface area contributed by atoms with Crippen LogP contribution < -0.4 is 20.4 Å². The summed E-state index contributed by atoms with van der Waals surface area (Å²) < 4.78 is 7.43. The molecule has 0 unspecified atom stereocenters. The number of hydrogen-bond donors (Lipinski definition) is 0. The van der Waals surface area contributed by atoms with Crippen LogP contribution in [0.25, 0.3) is 68.3 Å². The molecule has 4 aromatic carbocycles. The van der Waals surface area contributed by atoms with Crippen molar-refractivity contribution in [1.29, 1.82) is 0 Å². The van der Waals surface area contributed by atoms with Gasteiger partial charge >= 0.3 is 84.3 Å². The predicted octanol–water partition coefficient (Wildman–Crippen LogP) is 13.8. The molecular formula is C82H72N20Pt4. The average molecular weight is 2120 g/mol. The van der Waals surface area contributed by atoms with E-state index in [-0.39, 0.29) is 84.3 Å². The minimum absolute atomic E-state index is 0. The molecule has 0 saturated heterocycles. The van der Waals surface area contributed by atoms with Crippen molar-refractivity contribution < 1.29 is 84.3 Å².